The summed E-state index contributed by atoms with van der Waals surface area (Å²) in [4.78, 5) is 28.1. The van der Waals surface area contributed by atoms with E-state index in [-0.39, 0.29) is 18.0 Å². The number of rotatable bonds is 2. The molecule has 0 aromatic carbocycles. The van der Waals surface area contributed by atoms with E-state index in [0.717, 1.165) is 23.0 Å². The van der Waals surface area contributed by atoms with Gasteiger partial charge in [-0.15, -0.1) is 0 Å². The molecular weight excluding hydrogens is 336 g/mol. The number of hydrogen-bond acceptors (Lipinski definition) is 2. The second kappa shape index (κ2) is 4.76. The van der Waals surface area contributed by atoms with Crippen molar-refractivity contribution in [3.05, 3.63) is 22.4 Å². The van der Waals surface area contributed by atoms with E-state index in [1.54, 1.807) is 0 Å². The lowest BCUT2D eigenvalue weighted by Crippen LogP contribution is -2.54. The summed E-state index contributed by atoms with van der Waals surface area (Å²) in [7, 11) is 0. The highest BCUT2D eigenvalue weighted by Gasteiger charge is 2.38. The Morgan fingerprint density at radius 2 is 2.10 bits per heavy atom. The molecule has 1 atom stereocenters. The molecule has 6 nitrogen and oxygen atoms in total. The van der Waals surface area contributed by atoms with Crippen LogP contribution in [0, 0.1) is 0 Å². The third kappa shape index (κ3) is 2.23. The van der Waals surface area contributed by atoms with Gasteiger partial charge in [0.1, 0.15) is 5.69 Å². The molecule has 3 amide bonds. The molecule has 3 fully saturated rings. The molecule has 1 aromatic heterocycles. The Morgan fingerprint density at radius 3 is 2.86 bits per heavy atom. The zero-order valence-electron chi connectivity index (χ0n) is 11.6. The minimum absolute atomic E-state index is 0.00352. The molecule has 1 aliphatic carbocycles. The SMILES string of the molecule is O=C(c1cc(Br)cn1C1CC1)N1CCN2C(=O)NCC2C1. The van der Waals surface area contributed by atoms with Crippen LogP contribution >= 0.6 is 15.9 Å². The molecular formula is C14H17BrN4O2. The van der Waals surface area contributed by atoms with E-state index in [4.69, 9.17) is 0 Å². The van der Waals surface area contributed by atoms with E-state index in [1.165, 1.54) is 0 Å². The van der Waals surface area contributed by atoms with E-state index in [1.807, 2.05) is 22.1 Å². The summed E-state index contributed by atoms with van der Waals surface area (Å²) >= 11 is 3.47. The Kier molecular flexibility index (Phi) is 2.99. The molecule has 1 aromatic rings. The Labute approximate surface area is 131 Å². The predicted molar refractivity (Wildman–Crippen MR) is 80.2 cm³/mol. The van der Waals surface area contributed by atoms with Crippen molar-refractivity contribution in [3.63, 3.8) is 0 Å². The minimum atomic E-state index is -0.00352. The lowest BCUT2D eigenvalue weighted by atomic mass is 10.2. The quantitative estimate of drug-likeness (QED) is 0.875. The van der Waals surface area contributed by atoms with Crippen LogP contribution in [0.4, 0.5) is 4.79 Å². The van der Waals surface area contributed by atoms with Gasteiger partial charge in [-0.3, -0.25) is 4.79 Å². The first-order valence-corrected chi connectivity index (χ1v) is 8.14. The van der Waals surface area contributed by atoms with Crippen LogP contribution in [0.5, 0.6) is 0 Å². The summed E-state index contributed by atoms with van der Waals surface area (Å²) < 4.78 is 3.05. The highest BCUT2D eigenvalue weighted by Crippen LogP contribution is 2.37. The van der Waals surface area contributed by atoms with Crippen molar-refractivity contribution >= 4 is 27.9 Å². The second-order valence-corrected chi connectivity index (χ2v) is 6.88. The molecule has 1 N–H and O–H groups in total. The maximum Gasteiger partial charge on any atom is 0.317 e. The fourth-order valence-corrected chi connectivity index (χ4v) is 3.66. The number of fused-ring (bicyclic) bond motifs is 1. The second-order valence-electron chi connectivity index (χ2n) is 5.97. The topological polar surface area (TPSA) is 57.6 Å². The number of piperazine rings is 1. The van der Waals surface area contributed by atoms with Crippen molar-refractivity contribution in [1.29, 1.82) is 0 Å². The lowest BCUT2D eigenvalue weighted by molar-refractivity contribution is 0.0606. The molecule has 1 saturated carbocycles. The summed E-state index contributed by atoms with van der Waals surface area (Å²) in [5.74, 6) is 0.0756. The average molecular weight is 353 g/mol. The third-order valence-corrected chi connectivity index (χ3v) is 4.93. The van der Waals surface area contributed by atoms with Crippen molar-refractivity contribution in [2.24, 2.45) is 0 Å². The van der Waals surface area contributed by atoms with Gasteiger partial charge in [0.05, 0.1) is 6.04 Å². The number of halogens is 1. The Balaban J connectivity index is 1.54. The van der Waals surface area contributed by atoms with Crippen molar-refractivity contribution in [3.8, 4) is 0 Å². The number of carbonyl (C=O) groups is 2. The number of hydrogen-bond donors (Lipinski definition) is 1. The van der Waals surface area contributed by atoms with Gasteiger partial charge in [0.25, 0.3) is 5.91 Å². The molecule has 2 saturated heterocycles. The van der Waals surface area contributed by atoms with Gasteiger partial charge in [0.2, 0.25) is 0 Å². The van der Waals surface area contributed by atoms with Crippen molar-refractivity contribution < 1.29 is 9.59 Å². The minimum Gasteiger partial charge on any atom is -0.339 e. The molecule has 0 spiro atoms. The summed E-state index contributed by atoms with van der Waals surface area (Å²) in [5.41, 5.74) is 0.759. The van der Waals surface area contributed by atoms with Gasteiger partial charge in [-0.25, -0.2) is 4.79 Å². The summed E-state index contributed by atoms with van der Waals surface area (Å²) in [6.45, 7) is 2.48. The van der Waals surface area contributed by atoms with Crippen LogP contribution < -0.4 is 5.32 Å². The van der Waals surface area contributed by atoms with Crippen molar-refractivity contribution in [1.82, 2.24) is 19.7 Å². The highest BCUT2D eigenvalue weighted by atomic mass is 79.9. The van der Waals surface area contributed by atoms with Gasteiger partial charge in [-0.05, 0) is 34.8 Å². The van der Waals surface area contributed by atoms with Gasteiger partial charge in [-0.2, -0.15) is 0 Å². The number of nitrogens with one attached hydrogen (secondary N) is 1. The monoisotopic (exact) mass is 352 g/mol. The van der Waals surface area contributed by atoms with E-state index in [0.29, 0.717) is 32.2 Å². The summed E-state index contributed by atoms with van der Waals surface area (Å²) in [6.07, 6.45) is 4.30. The third-order valence-electron chi connectivity index (χ3n) is 4.49. The van der Waals surface area contributed by atoms with Crippen LogP contribution in [0.15, 0.2) is 16.7 Å². The van der Waals surface area contributed by atoms with Gasteiger partial charge in [0, 0.05) is 42.9 Å². The van der Waals surface area contributed by atoms with Crippen LogP contribution in [0.3, 0.4) is 0 Å². The zero-order valence-corrected chi connectivity index (χ0v) is 13.2. The standard InChI is InChI=1S/C14H17BrN4O2/c15-9-5-12(19(7-9)10-1-2-10)13(20)17-3-4-18-11(8-17)6-16-14(18)21/h5,7,10-11H,1-4,6,8H2,(H,16,21). The smallest absolute Gasteiger partial charge is 0.317 e. The molecule has 3 heterocycles. The van der Waals surface area contributed by atoms with E-state index < -0.39 is 0 Å². The Morgan fingerprint density at radius 1 is 1.29 bits per heavy atom. The summed E-state index contributed by atoms with van der Waals surface area (Å²) in [6, 6.07) is 2.50. The Bertz CT molecular complexity index is 610. The number of urea groups is 1. The maximum absolute atomic E-state index is 12.8. The highest BCUT2D eigenvalue weighted by molar-refractivity contribution is 9.10. The fourth-order valence-electron chi connectivity index (χ4n) is 3.22. The van der Waals surface area contributed by atoms with Gasteiger partial charge >= 0.3 is 6.03 Å². The zero-order chi connectivity index (χ0) is 14.6. The van der Waals surface area contributed by atoms with Crippen LogP contribution in [0.1, 0.15) is 29.4 Å². The molecule has 1 unspecified atom stereocenters. The van der Waals surface area contributed by atoms with E-state index in [2.05, 4.69) is 25.8 Å². The van der Waals surface area contributed by atoms with Crippen LogP contribution in [0.25, 0.3) is 0 Å². The molecule has 2 aliphatic heterocycles. The predicted octanol–water partition coefficient (Wildman–Crippen LogP) is 1.44. The Hall–Kier alpha value is -1.50. The number of carbonyl (C=O) groups excluding carboxylic acids is 2. The normalized spacial score (nSPS) is 25.0. The number of amides is 3. The van der Waals surface area contributed by atoms with E-state index >= 15 is 0 Å². The molecule has 3 aliphatic rings. The maximum atomic E-state index is 12.8. The van der Waals surface area contributed by atoms with Crippen LogP contribution in [-0.2, 0) is 0 Å². The molecule has 21 heavy (non-hydrogen) atoms. The average Bonchev–Trinajstić information content (AvgIpc) is 3.17. The molecule has 0 radical (unpaired) electrons. The first kappa shape index (κ1) is 13.2. The van der Waals surface area contributed by atoms with Crippen LogP contribution in [-0.4, -0.2) is 58.5 Å². The number of aromatic nitrogens is 1. The van der Waals surface area contributed by atoms with Gasteiger partial charge in [0.15, 0.2) is 0 Å². The fraction of sp³-hybridized carbons (Fsp3) is 0.571. The lowest BCUT2D eigenvalue weighted by Gasteiger charge is -2.36. The largest absolute Gasteiger partial charge is 0.339 e. The van der Waals surface area contributed by atoms with Crippen LogP contribution in [0.2, 0.25) is 0 Å². The van der Waals surface area contributed by atoms with Crippen molar-refractivity contribution in [2.75, 3.05) is 26.2 Å². The molecule has 4 rings (SSSR count). The number of nitrogens with zero attached hydrogens (tertiary/aromatic N) is 3. The molecule has 0 bridgehead atoms. The first-order chi connectivity index (χ1) is 10.1. The first-order valence-electron chi connectivity index (χ1n) is 7.34. The molecule has 7 heteroatoms. The van der Waals surface area contributed by atoms with Crippen molar-refractivity contribution in [2.45, 2.75) is 24.9 Å². The van der Waals surface area contributed by atoms with Gasteiger partial charge in [-0.1, -0.05) is 0 Å². The van der Waals surface area contributed by atoms with E-state index in [9.17, 15) is 9.59 Å². The summed E-state index contributed by atoms with van der Waals surface area (Å²) in [5, 5.41) is 2.84. The van der Waals surface area contributed by atoms with Gasteiger partial charge < -0.3 is 19.7 Å². The molecule has 112 valence electrons.